The Hall–Kier alpha value is -1.21. The Bertz CT molecular complexity index is 1010. The monoisotopic (exact) mass is 592 g/mol. The number of aliphatic hydroxyl groups is 1. The second-order valence-electron chi connectivity index (χ2n) is 13.1. The molecule has 6 aliphatic rings. The molecule has 6 fully saturated rings. The van der Waals surface area contributed by atoms with Crippen LogP contribution in [0.4, 0.5) is 0 Å². The number of rotatable bonds is 10. The van der Waals surface area contributed by atoms with Crippen LogP contribution < -0.4 is 0 Å². The lowest BCUT2D eigenvalue weighted by atomic mass is 9.84. The molecule has 236 valence electrons. The molecule has 0 aliphatic carbocycles. The van der Waals surface area contributed by atoms with Gasteiger partial charge in [-0.2, -0.15) is 0 Å². The van der Waals surface area contributed by atoms with Crippen molar-refractivity contribution in [2.75, 3.05) is 20.8 Å². The molecular formula is C32H48O10. The Kier molecular flexibility index (Phi) is 9.01. The molecule has 0 spiro atoms. The topological polar surface area (TPSA) is 111 Å². The molecule has 42 heavy (non-hydrogen) atoms. The Labute approximate surface area is 249 Å². The minimum atomic E-state index is -1.44. The Morgan fingerprint density at radius 2 is 1.74 bits per heavy atom. The van der Waals surface area contributed by atoms with E-state index in [0.717, 1.165) is 50.4 Å². The Morgan fingerprint density at radius 1 is 0.929 bits per heavy atom. The SMILES string of the molecule is C=C1CO[C@@H](CC[C@@H]2OC(CC[C@@]34OC5CC(OC6CCC(CC=O)O[C@@H]65)[C@@H](O3)C(OC)(OC)C4O)CC2=C)C[C@H]1C. The van der Waals surface area contributed by atoms with Gasteiger partial charge in [-0.05, 0) is 62.0 Å². The maximum absolute atomic E-state index is 11.8. The standard InChI is InChI=1S/C32H48O10/c1-18-14-22(37-17-20(18)3)7-8-24-19(2)15-23(38-24)10-12-31-30(34)32(35-4,36-5)29(42-31)27-16-26(41-31)28-25(40-27)9-6-21(39-28)11-13-33/h13,18,21-30,34H,2-3,6-12,14-17H2,1,4-5H3/t18-,21?,22+,23?,24+,25?,26?,27?,28+,29-,30?,31-/m1/s1. The van der Waals surface area contributed by atoms with Gasteiger partial charge < -0.3 is 47.8 Å². The number of fused-ring (bicyclic) bond motifs is 7. The predicted molar refractivity (Wildman–Crippen MR) is 151 cm³/mol. The Morgan fingerprint density at radius 3 is 2.48 bits per heavy atom. The van der Waals surface area contributed by atoms with Crippen LogP contribution in [0.1, 0.15) is 71.1 Å². The number of hydrogen-bond acceptors (Lipinski definition) is 10. The summed E-state index contributed by atoms with van der Waals surface area (Å²) in [4.78, 5) is 11.2. The maximum atomic E-state index is 11.8. The summed E-state index contributed by atoms with van der Waals surface area (Å²) >= 11 is 0. The molecule has 6 unspecified atom stereocenters. The van der Waals surface area contributed by atoms with Crippen LogP contribution in [0.3, 0.4) is 0 Å². The molecule has 10 heteroatoms. The van der Waals surface area contributed by atoms with E-state index >= 15 is 0 Å². The first-order valence-corrected chi connectivity index (χ1v) is 15.7. The molecule has 4 bridgehead atoms. The molecule has 6 aliphatic heterocycles. The lowest BCUT2D eigenvalue weighted by molar-refractivity contribution is -0.330. The molecule has 0 aromatic carbocycles. The van der Waals surface area contributed by atoms with Crippen LogP contribution in [-0.4, -0.2) is 105 Å². The molecule has 12 atom stereocenters. The van der Waals surface area contributed by atoms with Gasteiger partial charge in [0, 0.05) is 33.5 Å². The minimum Gasteiger partial charge on any atom is -0.382 e. The highest BCUT2D eigenvalue weighted by Gasteiger charge is 2.72. The van der Waals surface area contributed by atoms with Crippen molar-refractivity contribution in [3.63, 3.8) is 0 Å². The molecule has 6 heterocycles. The molecule has 6 saturated heterocycles. The highest BCUT2D eigenvalue weighted by Crippen LogP contribution is 2.53. The van der Waals surface area contributed by atoms with Crippen molar-refractivity contribution in [2.45, 2.75) is 144 Å². The quantitative estimate of drug-likeness (QED) is 0.230. The smallest absolute Gasteiger partial charge is 0.229 e. The van der Waals surface area contributed by atoms with E-state index in [2.05, 4.69) is 20.1 Å². The molecule has 0 aromatic rings. The van der Waals surface area contributed by atoms with Gasteiger partial charge in [0.2, 0.25) is 11.6 Å². The number of hydrogen-bond donors (Lipinski definition) is 1. The first-order valence-electron chi connectivity index (χ1n) is 15.7. The third-order valence-corrected chi connectivity index (χ3v) is 10.6. The predicted octanol–water partition coefficient (Wildman–Crippen LogP) is 3.38. The average Bonchev–Trinajstić information content (AvgIpc) is 3.41. The third-order valence-electron chi connectivity index (χ3n) is 10.6. The first-order chi connectivity index (χ1) is 20.2. The summed E-state index contributed by atoms with van der Waals surface area (Å²) in [6.45, 7) is 11.3. The van der Waals surface area contributed by atoms with Crippen molar-refractivity contribution in [3.05, 3.63) is 24.3 Å². The summed E-state index contributed by atoms with van der Waals surface area (Å²) < 4.78 is 50.4. The van der Waals surface area contributed by atoms with Gasteiger partial charge in [-0.25, -0.2) is 0 Å². The zero-order chi connectivity index (χ0) is 29.6. The van der Waals surface area contributed by atoms with E-state index < -0.39 is 29.9 Å². The van der Waals surface area contributed by atoms with Crippen molar-refractivity contribution in [1.82, 2.24) is 0 Å². The zero-order valence-electron chi connectivity index (χ0n) is 25.2. The number of carbonyl (C=O) groups excluding carboxylic acids is 1. The fourth-order valence-corrected chi connectivity index (χ4v) is 8.04. The second kappa shape index (κ2) is 12.3. The number of aldehydes is 1. The fourth-order valence-electron chi connectivity index (χ4n) is 8.04. The molecular weight excluding hydrogens is 544 g/mol. The van der Waals surface area contributed by atoms with Crippen LogP contribution in [-0.2, 0) is 42.7 Å². The summed E-state index contributed by atoms with van der Waals surface area (Å²) in [5, 5.41) is 11.8. The van der Waals surface area contributed by atoms with E-state index in [4.69, 9.17) is 37.9 Å². The van der Waals surface area contributed by atoms with Gasteiger partial charge in [0.05, 0.1) is 49.3 Å². The van der Waals surface area contributed by atoms with Gasteiger partial charge in [0.15, 0.2) is 6.10 Å². The van der Waals surface area contributed by atoms with Crippen LogP contribution in [0, 0.1) is 5.92 Å². The molecule has 0 amide bonds. The highest BCUT2D eigenvalue weighted by atomic mass is 16.8. The summed E-state index contributed by atoms with van der Waals surface area (Å²) in [6.07, 6.45) is 4.45. The lowest BCUT2D eigenvalue weighted by Gasteiger charge is -2.50. The van der Waals surface area contributed by atoms with E-state index in [1.165, 1.54) is 19.8 Å². The molecule has 0 radical (unpaired) electrons. The Balaban J connectivity index is 1.14. The molecule has 10 nitrogen and oxygen atoms in total. The molecule has 0 aromatic heterocycles. The van der Waals surface area contributed by atoms with Crippen LogP contribution in [0.25, 0.3) is 0 Å². The highest BCUT2D eigenvalue weighted by molar-refractivity contribution is 5.50. The van der Waals surface area contributed by atoms with Crippen LogP contribution in [0.2, 0.25) is 0 Å². The van der Waals surface area contributed by atoms with Gasteiger partial charge in [-0.1, -0.05) is 20.1 Å². The van der Waals surface area contributed by atoms with Crippen LogP contribution in [0.5, 0.6) is 0 Å². The summed E-state index contributed by atoms with van der Waals surface area (Å²) in [5.74, 6) is -2.36. The van der Waals surface area contributed by atoms with E-state index in [-0.39, 0.29) is 42.7 Å². The van der Waals surface area contributed by atoms with Gasteiger partial charge >= 0.3 is 0 Å². The molecule has 0 saturated carbocycles. The minimum absolute atomic E-state index is 0.0236. The first kappa shape index (κ1) is 30.8. The largest absolute Gasteiger partial charge is 0.382 e. The summed E-state index contributed by atoms with van der Waals surface area (Å²) in [6, 6.07) is 0. The van der Waals surface area contributed by atoms with Crippen LogP contribution >= 0.6 is 0 Å². The zero-order valence-corrected chi connectivity index (χ0v) is 25.2. The normalized spacial score (nSPS) is 46.3. The maximum Gasteiger partial charge on any atom is 0.229 e. The van der Waals surface area contributed by atoms with E-state index in [9.17, 15) is 9.90 Å². The van der Waals surface area contributed by atoms with E-state index in [1.54, 1.807) is 0 Å². The van der Waals surface area contributed by atoms with Crippen molar-refractivity contribution >= 4 is 6.29 Å². The molecule has 6 rings (SSSR count). The number of ether oxygens (including phenoxy) is 8. The second-order valence-corrected chi connectivity index (χ2v) is 13.1. The average molecular weight is 593 g/mol. The third kappa shape index (κ3) is 5.45. The van der Waals surface area contributed by atoms with Gasteiger partial charge in [0.25, 0.3) is 0 Å². The summed E-state index contributed by atoms with van der Waals surface area (Å²) in [7, 11) is 3.03. The fraction of sp³-hybridized carbons (Fsp3) is 0.844. The van der Waals surface area contributed by atoms with E-state index in [1.807, 2.05) is 0 Å². The number of carbonyl (C=O) groups is 1. The van der Waals surface area contributed by atoms with Gasteiger partial charge in [-0.15, -0.1) is 0 Å². The van der Waals surface area contributed by atoms with Crippen molar-refractivity contribution in [2.24, 2.45) is 5.92 Å². The molecule has 1 N–H and O–H groups in total. The van der Waals surface area contributed by atoms with Gasteiger partial charge in [0.1, 0.15) is 18.5 Å². The van der Waals surface area contributed by atoms with Crippen molar-refractivity contribution < 1.29 is 47.8 Å². The number of aliphatic hydroxyl groups excluding tert-OH is 1. The van der Waals surface area contributed by atoms with Crippen molar-refractivity contribution in [1.29, 1.82) is 0 Å². The van der Waals surface area contributed by atoms with Crippen LogP contribution in [0.15, 0.2) is 24.3 Å². The van der Waals surface area contributed by atoms with E-state index in [0.29, 0.717) is 38.2 Å². The summed E-state index contributed by atoms with van der Waals surface area (Å²) in [5.41, 5.74) is 2.25. The van der Waals surface area contributed by atoms with Crippen molar-refractivity contribution in [3.8, 4) is 0 Å². The van der Waals surface area contributed by atoms with Gasteiger partial charge in [-0.3, -0.25) is 0 Å². The number of methoxy groups -OCH3 is 2. The lowest BCUT2D eigenvalue weighted by Crippen LogP contribution is -2.65.